The molecule has 0 aliphatic carbocycles. The number of hydrogen-bond acceptors (Lipinski definition) is 5. The SMILES string of the molecule is Cc1cc(Nc2nc3cc(C(=O)O)ccc3c3c(C(=O)O)c[nH]c23)ccn1. The fourth-order valence-electron chi connectivity index (χ4n) is 3.05. The molecule has 0 amide bonds. The number of rotatable bonds is 4. The van der Waals surface area contributed by atoms with E-state index >= 15 is 0 Å². The van der Waals surface area contributed by atoms with Gasteiger partial charge in [-0.1, -0.05) is 6.07 Å². The maximum atomic E-state index is 11.6. The second kappa shape index (κ2) is 6.10. The standard InChI is InChI=1S/C19H14N4O4/c1-9-6-11(4-5-20-9)22-17-16-15(13(8-21-16)19(26)27)12-3-2-10(18(24)25)7-14(12)23-17/h2-8,21H,1H3,(H,24,25)(H,26,27)(H,20,22,23). The molecule has 134 valence electrons. The van der Waals surface area contributed by atoms with Crippen molar-refractivity contribution < 1.29 is 19.8 Å². The van der Waals surface area contributed by atoms with Crippen LogP contribution in [0.15, 0.2) is 42.7 Å². The summed E-state index contributed by atoms with van der Waals surface area (Å²) in [5.74, 6) is -1.76. The quantitative estimate of drug-likeness (QED) is 0.437. The van der Waals surface area contributed by atoms with E-state index in [-0.39, 0.29) is 11.1 Å². The molecular formula is C19H14N4O4. The minimum atomic E-state index is -1.08. The number of anilines is 2. The van der Waals surface area contributed by atoms with Gasteiger partial charge in [-0.2, -0.15) is 0 Å². The molecule has 0 atom stereocenters. The summed E-state index contributed by atoms with van der Waals surface area (Å²) in [6.45, 7) is 1.85. The smallest absolute Gasteiger partial charge is 0.337 e. The molecule has 8 heteroatoms. The van der Waals surface area contributed by atoms with E-state index in [4.69, 9.17) is 0 Å². The van der Waals surface area contributed by atoms with Gasteiger partial charge in [-0.3, -0.25) is 4.98 Å². The number of benzene rings is 1. The van der Waals surface area contributed by atoms with Crippen molar-refractivity contribution in [3.63, 3.8) is 0 Å². The van der Waals surface area contributed by atoms with Crippen LogP contribution >= 0.6 is 0 Å². The highest BCUT2D eigenvalue weighted by Gasteiger charge is 2.19. The number of carboxylic acids is 2. The minimum absolute atomic E-state index is 0.0764. The van der Waals surface area contributed by atoms with E-state index in [1.54, 1.807) is 18.3 Å². The monoisotopic (exact) mass is 362 g/mol. The normalized spacial score (nSPS) is 11.0. The van der Waals surface area contributed by atoms with Crippen LogP contribution in [0.2, 0.25) is 0 Å². The lowest BCUT2D eigenvalue weighted by molar-refractivity contribution is 0.0687. The number of aromatic carboxylic acids is 2. The summed E-state index contributed by atoms with van der Waals surface area (Å²) in [6.07, 6.45) is 3.05. The Labute approximate surface area is 152 Å². The highest BCUT2D eigenvalue weighted by atomic mass is 16.4. The van der Waals surface area contributed by atoms with Crippen molar-refractivity contribution >= 4 is 45.2 Å². The first kappa shape index (κ1) is 16.5. The second-order valence-electron chi connectivity index (χ2n) is 6.07. The predicted molar refractivity (Wildman–Crippen MR) is 99.8 cm³/mol. The van der Waals surface area contributed by atoms with Gasteiger partial charge in [0.1, 0.15) is 0 Å². The van der Waals surface area contributed by atoms with E-state index in [0.717, 1.165) is 11.4 Å². The van der Waals surface area contributed by atoms with Crippen LogP contribution in [-0.2, 0) is 0 Å². The molecule has 0 aliphatic rings. The number of aromatic nitrogens is 3. The molecule has 3 heterocycles. The summed E-state index contributed by atoms with van der Waals surface area (Å²) in [7, 11) is 0. The zero-order chi connectivity index (χ0) is 19.1. The lowest BCUT2D eigenvalue weighted by Crippen LogP contribution is -2.00. The molecule has 0 radical (unpaired) electrons. The number of hydrogen-bond donors (Lipinski definition) is 4. The van der Waals surface area contributed by atoms with Gasteiger partial charge >= 0.3 is 11.9 Å². The van der Waals surface area contributed by atoms with Gasteiger partial charge in [0, 0.05) is 34.5 Å². The summed E-state index contributed by atoms with van der Waals surface area (Å²) in [5, 5.41) is 23.0. The largest absolute Gasteiger partial charge is 0.478 e. The van der Waals surface area contributed by atoms with Crippen LogP contribution in [0.4, 0.5) is 11.5 Å². The Kier molecular flexibility index (Phi) is 3.73. The lowest BCUT2D eigenvalue weighted by Gasteiger charge is -2.10. The summed E-state index contributed by atoms with van der Waals surface area (Å²) >= 11 is 0. The summed E-state index contributed by atoms with van der Waals surface area (Å²) < 4.78 is 0. The first-order chi connectivity index (χ1) is 12.9. The number of nitrogens with one attached hydrogen (secondary N) is 2. The molecule has 1 aromatic carbocycles. The first-order valence-electron chi connectivity index (χ1n) is 8.05. The van der Waals surface area contributed by atoms with Crippen molar-refractivity contribution in [2.24, 2.45) is 0 Å². The van der Waals surface area contributed by atoms with Crippen molar-refractivity contribution in [3.8, 4) is 0 Å². The van der Waals surface area contributed by atoms with E-state index in [1.165, 1.54) is 18.3 Å². The molecule has 0 unspecified atom stereocenters. The molecule has 3 aromatic heterocycles. The van der Waals surface area contributed by atoms with Crippen LogP contribution in [0.1, 0.15) is 26.4 Å². The number of aryl methyl sites for hydroxylation is 1. The van der Waals surface area contributed by atoms with Crippen molar-refractivity contribution in [1.29, 1.82) is 0 Å². The minimum Gasteiger partial charge on any atom is -0.478 e. The Morgan fingerprint density at radius 1 is 1.11 bits per heavy atom. The first-order valence-corrected chi connectivity index (χ1v) is 8.05. The van der Waals surface area contributed by atoms with Gasteiger partial charge in [-0.25, -0.2) is 14.6 Å². The van der Waals surface area contributed by atoms with Gasteiger partial charge in [-0.05, 0) is 31.2 Å². The third kappa shape index (κ3) is 2.82. The third-order valence-electron chi connectivity index (χ3n) is 4.25. The Balaban J connectivity index is 2.01. The molecule has 0 aliphatic heterocycles. The number of aromatic amines is 1. The maximum Gasteiger partial charge on any atom is 0.337 e. The van der Waals surface area contributed by atoms with Crippen LogP contribution in [0.5, 0.6) is 0 Å². The molecule has 27 heavy (non-hydrogen) atoms. The highest BCUT2D eigenvalue weighted by molar-refractivity contribution is 6.18. The van der Waals surface area contributed by atoms with E-state index in [2.05, 4.69) is 20.3 Å². The molecule has 4 N–H and O–H groups in total. The number of carboxylic acid groups (broad SMARTS) is 2. The van der Waals surface area contributed by atoms with Crippen LogP contribution in [0.3, 0.4) is 0 Å². The number of nitrogens with zero attached hydrogens (tertiary/aromatic N) is 2. The van der Waals surface area contributed by atoms with Gasteiger partial charge in [0.05, 0.1) is 22.2 Å². The number of pyridine rings is 2. The summed E-state index contributed by atoms with van der Waals surface area (Å²) in [6, 6.07) is 8.03. The fourth-order valence-corrected chi connectivity index (χ4v) is 3.05. The Bertz CT molecular complexity index is 1230. The number of carbonyl (C=O) groups is 2. The summed E-state index contributed by atoms with van der Waals surface area (Å²) in [5.41, 5.74) is 2.62. The fraction of sp³-hybridized carbons (Fsp3) is 0.0526. The van der Waals surface area contributed by atoms with Crippen molar-refractivity contribution in [1.82, 2.24) is 15.0 Å². The van der Waals surface area contributed by atoms with Gasteiger partial charge in [0.2, 0.25) is 0 Å². The molecule has 8 nitrogen and oxygen atoms in total. The van der Waals surface area contributed by atoms with Crippen LogP contribution in [0, 0.1) is 6.92 Å². The zero-order valence-corrected chi connectivity index (χ0v) is 14.1. The average Bonchev–Trinajstić information content (AvgIpc) is 3.07. The molecule has 0 spiro atoms. The summed E-state index contributed by atoms with van der Waals surface area (Å²) in [4.78, 5) is 34.6. The third-order valence-corrected chi connectivity index (χ3v) is 4.25. The molecule has 0 bridgehead atoms. The number of fused-ring (bicyclic) bond motifs is 3. The molecule has 4 aromatic rings. The van der Waals surface area contributed by atoms with Crippen LogP contribution in [0.25, 0.3) is 21.8 Å². The topological polar surface area (TPSA) is 128 Å². The van der Waals surface area contributed by atoms with Gasteiger partial charge in [-0.15, -0.1) is 0 Å². The molecule has 0 saturated carbocycles. The van der Waals surface area contributed by atoms with E-state index in [9.17, 15) is 19.8 Å². The van der Waals surface area contributed by atoms with Crippen molar-refractivity contribution in [2.45, 2.75) is 6.92 Å². The highest BCUT2D eigenvalue weighted by Crippen LogP contribution is 2.33. The predicted octanol–water partition coefficient (Wildman–Crippen LogP) is 3.56. The Morgan fingerprint density at radius 3 is 2.63 bits per heavy atom. The lowest BCUT2D eigenvalue weighted by atomic mass is 10.0. The maximum absolute atomic E-state index is 11.6. The van der Waals surface area contributed by atoms with Gasteiger partial charge < -0.3 is 20.5 Å². The van der Waals surface area contributed by atoms with Crippen LogP contribution in [-0.4, -0.2) is 37.1 Å². The number of H-pyrrole nitrogens is 1. The zero-order valence-electron chi connectivity index (χ0n) is 14.1. The van der Waals surface area contributed by atoms with Gasteiger partial charge in [0.25, 0.3) is 0 Å². The average molecular weight is 362 g/mol. The molecule has 0 saturated heterocycles. The van der Waals surface area contributed by atoms with E-state index in [0.29, 0.717) is 27.6 Å². The molecule has 0 fully saturated rings. The second-order valence-corrected chi connectivity index (χ2v) is 6.07. The molecular weight excluding hydrogens is 348 g/mol. The van der Waals surface area contributed by atoms with E-state index < -0.39 is 11.9 Å². The Morgan fingerprint density at radius 2 is 1.93 bits per heavy atom. The Hall–Kier alpha value is -3.94. The van der Waals surface area contributed by atoms with E-state index in [1.807, 2.05) is 13.0 Å². The molecule has 4 rings (SSSR count). The van der Waals surface area contributed by atoms with Crippen molar-refractivity contribution in [2.75, 3.05) is 5.32 Å². The van der Waals surface area contributed by atoms with Gasteiger partial charge in [0.15, 0.2) is 5.82 Å². The van der Waals surface area contributed by atoms with Crippen LogP contribution < -0.4 is 5.32 Å². The van der Waals surface area contributed by atoms with Crippen molar-refractivity contribution in [3.05, 3.63) is 59.5 Å².